The summed E-state index contributed by atoms with van der Waals surface area (Å²) in [5.41, 5.74) is 1.30. The van der Waals surface area contributed by atoms with Gasteiger partial charge in [0.05, 0.1) is 5.00 Å². The van der Waals surface area contributed by atoms with E-state index in [-0.39, 0.29) is 6.10 Å². The zero-order chi connectivity index (χ0) is 15.9. The molecule has 1 aliphatic heterocycles. The predicted octanol–water partition coefficient (Wildman–Crippen LogP) is 3.08. The number of ether oxygens (including phenoxy) is 1. The van der Waals surface area contributed by atoms with Crippen LogP contribution in [-0.4, -0.2) is 32.1 Å². The smallest absolute Gasteiger partial charge is 0.214 e. The molecule has 1 aromatic heterocycles. The van der Waals surface area contributed by atoms with Crippen LogP contribution in [-0.2, 0) is 11.2 Å². The van der Waals surface area contributed by atoms with E-state index in [0.717, 1.165) is 56.1 Å². The van der Waals surface area contributed by atoms with E-state index in [1.807, 2.05) is 29.6 Å². The predicted molar refractivity (Wildman–Crippen MR) is 94.4 cm³/mol. The summed E-state index contributed by atoms with van der Waals surface area (Å²) in [4.78, 5) is 12.9. The van der Waals surface area contributed by atoms with E-state index in [2.05, 4.69) is 17.4 Å². The third-order valence-corrected chi connectivity index (χ3v) is 4.91. The van der Waals surface area contributed by atoms with Gasteiger partial charge in [0.1, 0.15) is 11.9 Å². The Morgan fingerprint density at radius 2 is 2.17 bits per heavy atom. The van der Waals surface area contributed by atoms with Gasteiger partial charge in [-0.15, -0.1) is 11.3 Å². The van der Waals surface area contributed by atoms with Crippen molar-refractivity contribution in [2.24, 2.45) is 0 Å². The van der Waals surface area contributed by atoms with Crippen LogP contribution in [0.4, 0.5) is 5.00 Å². The zero-order valence-electron chi connectivity index (χ0n) is 13.1. The second kappa shape index (κ2) is 8.13. The summed E-state index contributed by atoms with van der Waals surface area (Å²) in [6, 6.07) is 12.2. The molecular formula is C18H22N2O2S. The number of nitrogens with one attached hydrogen (secondary N) is 1. The fraction of sp³-hybridized carbons (Fsp3) is 0.389. The first kappa shape index (κ1) is 16.0. The van der Waals surface area contributed by atoms with E-state index in [1.54, 1.807) is 16.2 Å². The van der Waals surface area contributed by atoms with Crippen LogP contribution < -0.4 is 15.0 Å². The van der Waals surface area contributed by atoms with Gasteiger partial charge in [0.15, 0.2) is 0 Å². The standard InChI is InChI=1S/C18H22N2O2S/c21-14-20(18-8-5-11-23-18)10-4-3-9-19-13-16-12-15-6-1-2-7-17(15)22-16/h1-2,5-8,11,14,16,19H,3-4,9-10,12-13H2. The summed E-state index contributed by atoms with van der Waals surface area (Å²) in [6.07, 6.45) is 4.19. The Balaban J connectivity index is 1.29. The number of unbranched alkanes of at least 4 members (excludes halogenated alkanes) is 1. The maximum absolute atomic E-state index is 11.1. The largest absolute Gasteiger partial charge is 0.488 e. The molecule has 0 saturated heterocycles. The van der Waals surface area contributed by atoms with Crippen LogP contribution >= 0.6 is 11.3 Å². The van der Waals surface area contributed by atoms with Gasteiger partial charge in [-0.25, -0.2) is 0 Å². The summed E-state index contributed by atoms with van der Waals surface area (Å²) in [5, 5.41) is 6.47. The molecule has 0 fully saturated rings. The second-order valence-corrected chi connectivity index (χ2v) is 6.64. The molecule has 0 aliphatic carbocycles. The molecule has 4 nitrogen and oxygen atoms in total. The topological polar surface area (TPSA) is 41.6 Å². The zero-order valence-corrected chi connectivity index (χ0v) is 13.9. The van der Waals surface area contributed by atoms with E-state index in [0.29, 0.717) is 0 Å². The maximum Gasteiger partial charge on any atom is 0.214 e. The highest BCUT2D eigenvalue weighted by atomic mass is 32.1. The molecule has 0 radical (unpaired) electrons. The second-order valence-electron chi connectivity index (χ2n) is 5.71. The number of anilines is 1. The quantitative estimate of drug-likeness (QED) is 0.567. The molecule has 1 N–H and O–H groups in total. The van der Waals surface area contributed by atoms with Crippen LogP contribution in [0.15, 0.2) is 41.8 Å². The Bertz CT molecular complexity index is 590. The lowest BCUT2D eigenvalue weighted by Crippen LogP contribution is -2.31. The molecule has 2 aromatic rings. The van der Waals surface area contributed by atoms with Crippen molar-refractivity contribution in [1.82, 2.24) is 5.32 Å². The number of amides is 1. The summed E-state index contributed by atoms with van der Waals surface area (Å²) in [6.45, 7) is 2.60. The normalized spacial score (nSPS) is 15.9. The molecule has 5 heteroatoms. The van der Waals surface area contributed by atoms with Gasteiger partial charge in [-0.05, 0) is 48.5 Å². The van der Waals surface area contributed by atoms with Gasteiger partial charge >= 0.3 is 0 Å². The third kappa shape index (κ3) is 4.33. The number of rotatable bonds is 9. The first-order valence-electron chi connectivity index (χ1n) is 8.07. The molecule has 0 saturated carbocycles. The van der Waals surface area contributed by atoms with Crippen molar-refractivity contribution < 1.29 is 9.53 Å². The minimum absolute atomic E-state index is 0.241. The minimum Gasteiger partial charge on any atom is -0.488 e. The fourth-order valence-corrected chi connectivity index (χ4v) is 3.53. The number of hydrogen-bond donors (Lipinski definition) is 1. The van der Waals surface area contributed by atoms with Gasteiger partial charge < -0.3 is 15.0 Å². The van der Waals surface area contributed by atoms with E-state index in [4.69, 9.17) is 4.74 Å². The van der Waals surface area contributed by atoms with Crippen molar-refractivity contribution in [1.29, 1.82) is 0 Å². The van der Waals surface area contributed by atoms with Crippen LogP contribution in [0.25, 0.3) is 0 Å². The van der Waals surface area contributed by atoms with Gasteiger partial charge in [0, 0.05) is 19.5 Å². The van der Waals surface area contributed by atoms with Crippen LogP contribution in [0.5, 0.6) is 5.75 Å². The molecule has 1 amide bonds. The molecular weight excluding hydrogens is 308 g/mol. The summed E-state index contributed by atoms with van der Waals surface area (Å²) >= 11 is 1.60. The molecule has 1 aromatic carbocycles. The molecule has 1 atom stereocenters. The number of nitrogens with zero attached hydrogens (tertiary/aromatic N) is 1. The van der Waals surface area contributed by atoms with Gasteiger partial charge in [0.2, 0.25) is 6.41 Å². The molecule has 2 heterocycles. The Morgan fingerprint density at radius 3 is 2.96 bits per heavy atom. The average molecular weight is 330 g/mol. The lowest BCUT2D eigenvalue weighted by atomic mass is 10.1. The van der Waals surface area contributed by atoms with Crippen molar-refractivity contribution in [2.45, 2.75) is 25.4 Å². The molecule has 0 bridgehead atoms. The summed E-state index contributed by atoms with van der Waals surface area (Å²) in [5.74, 6) is 1.02. The molecule has 0 spiro atoms. The minimum atomic E-state index is 0.241. The van der Waals surface area contributed by atoms with Crippen molar-refractivity contribution in [3.63, 3.8) is 0 Å². The van der Waals surface area contributed by atoms with Crippen LogP contribution in [0, 0.1) is 0 Å². The monoisotopic (exact) mass is 330 g/mol. The highest BCUT2D eigenvalue weighted by molar-refractivity contribution is 7.14. The van der Waals surface area contributed by atoms with Crippen molar-refractivity contribution in [3.8, 4) is 5.75 Å². The molecule has 122 valence electrons. The summed E-state index contributed by atoms with van der Waals surface area (Å²) in [7, 11) is 0. The van der Waals surface area contributed by atoms with Gasteiger partial charge in [-0.1, -0.05) is 18.2 Å². The Labute approximate surface area is 141 Å². The number of carbonyl (C=O) groups is 1. The van der Waals surface area contributed by atoms with E-state index in [1.165, 1.54) is 5.56 Å². The lowest BCUT2D eigenvalue weighted by molar-refractivity contribution is -0.107. The number of hydrogen-bond acceptors (Lipinski definition) is 4. The highest BCUT2D eigenvalue weighted by Gasteiger charge is 2.21. The highest BCUT2D eigenvalue weighted by Crippen LogP contribution is 2.27. The first-order chi connectivity index (χ1) is 11.4. The SMILES string of the molecule is O=CN(CCCCNCC1Cc2ccccc2O1)c1cccs1. The average Bonchev–Trinajstić information content (AvgIpc) is 3.23. The molecule has 23 heavy (non-hydrogen) atoms. The summed E-state index contributed by atoms with van der Waals surface area (Å²) < 4.78 is 5.90. The molecule has 3 rings (SSSR count). The number of thiophene rings is 1. The van der Waals surface area contributed by atoms with E-state index in [9.17, 15) is 4.79 Å². The maximum atomic E-state index is 11.1. The number of carbonyl (C=O) groups excluding carboxylic acids is 1. The van der Waals surface area contributed by atoms with Crippen LogP contribution in [0.2, 0.25) is 0 Å². The molecule has 1 unspecified atom stereocenters. The van der Waals surface area contributed by atoms with E-state index >= 15 is 0 Å². The van der Waals surface area contributed by atoms with Crippen molar-refractivity contribution >= 4 is 22.7 Å². The number of benzene rings is 1. The van der Waals surface area contributed by atoms with Crippen LogP contribution in [0.1, 0.15) is 18.4 Å². The van der Waals surface area contributed by atoms with Gasteiger partial charge in [0.25, 0.3) is 0 Å². The lowest BCUT2D eigenvalue weighted by Gasteiger charge is -2.15. The van der Waals surface area contributed by atoms with Crippen molar-refractivity contribution in [3.05, 3.63) is 47.3 Å². The fourth-order valence-electron chi connectivity index (χ4n) is 2.81. The van der Waals surface area contributed by atoms with E-state index < -0.39 is 0 Å². The van der Waals surface area contributed by atoms with Crippen molar-refractivity contribution in [2.75, 3.05) is 24.5 Å². The first-order valence-corrected chi connectivity index (χ1v) is 8.95. The van der Waals surface area contributed by atoms with Gasteiger partial charge in [-0.3, -0.25) is 4.79 Å². The van der Waals surface area contributed by atoms with Crippen LogP contribution in [0.3, 0.4) is 0 Å². The number of para-hydroxylation sites is 1. The third-order valence-electron chi connectivity index (χ3n) is 4.00. The Kier molecular flexibility index (Phi) is 5.66. The van der Waals surface area contributed by atoms with Gasteiger partial charge in [-0.2, -0.15) is 0 Å². The number of fused-ring (bicyclic) bond motifs is 1. The Hall–Kier alpha value is -1.85. The molecule has 1 aliphatic rings. The Morgan fingerprint density at radius 1 is 1.26 bits per heavy atom.